The van der Waals surface area contributed by atoms with Crippen molar-refractivity contribution in [2.24, 2.45) is 0 Å². The number of rotatable bonds is 4. The maximum atomic E-state index is 13.4. The van der Waals surface area contributed by atoms with Crippen LogP contribution >= 0.6 is 0 Å². The summed E-state index contributed by atoms with van der Waals surface area (Å²) in [5, 5.41) is 0. The molecule has 0 atom stereocenters. The average Bonchev–Trinajstić information content (AvgIpc) is 2.95. The van der Waals surface area contributed by atoms with Crippen molar-refractivity contribution in [3.8, 4) is 5.75 Å². The van der Waals surface area contributed by atoms with E-state index in [4.69, 9.17) is 4.74 Å². The molecule has 1 saturated heterocycles. The molecule has 2 fully saturated rings. The predicted molar refractivity (Wildman–Crippen MR) is 103 cm³/mol. The van der Waals surface area contributed by atoms with Gasteiger partial charge in [-0.25, -0.2) is 9.18 Å². The lowest BCUT2D eigenvalue weighted by molar-refractivity contribution is 0.215. The van der Waals surface area contributed by atoms with Gasteiger partial charge in [-0.15, -0.1) is 0 Å². The Morgan fingerprint density at radius 3 is 2.30 bits per heavy atom. The van der Waals surface area contributed by atoms with E-state index in [1.807, 2.05) is 34.1 Å². The van der Waals surface area contributed by atoms with Crippen molar-refractivity contribution in [3.05, 3.63) is 59.9 Å². The first kappa shape index (κ1) is 17.8. The molecular weight excluding hydrogens is 343 g/mol. The zero-order valence-electron chi connectivity index (χ0n) is 15.7. The highest BCUT2D eigenvalue weighted by Gasteiger charge is 2.50. The van der Waals surface area contributed by atoms with E-state index in [0.717, 1.165) is 49.2 Å². The van der Waals surface area contributed by atoms with Crippen LogP contribution in [0.15, 0.2) is 48.5 Å². The van der Waals surface area contributed by atoms with E-state index >= 15 is 0 Å². The fraction of sp³-hybridized carbons (Fsp3) is 0.409. The number of carbonyl (C=O) groups is 1. The van der Waals surface area contributed by atoms with Crippen LogP contribution in [0.25, 0.3) is 0 Å². The molecule has 0 bridgehead atoms. The summed E-state index contributed by atoms with van der Waals surface area (Å²) in [5.41, 5.74) is 1.69. The van der Waals surface area contributed by atoms with Gasteiger partial charge in [0.05, 0.1) is 12.6 Å². The summed E-state index contributed by atoms with van der Waals surface area (Å²) in [6.45, 7) is 1.29. The number of urea groups is 1. The van der Waals surface area contributed by atoms with Crippen molar-refractivity contribution in [2.75, 3.05) is 18.6 Å². The molecule has 2 amide bonds. The summed E-state index contributed by atoms with van der Waals surface area (Å²) >= 11 is 0. The monoisotopic (exact) mass is 368 g/mol. The quantitative estimate of drug-likeness (QED) is 0.762. The van der Waals surface area contributed by atoms with Crippen LogP contribution in [0.1, 0.15) is 37.7 Å². The highest BCUT2D eigenvalue weighted by atomic mass is 19.1. The lowest BCUT2D eigenvalue weighted by atomic mass is 9.81. The summed E-state index contributed by atoms with van der Waals surface area (Å²) in [6.07, 6.45) is 5.46. The van der Waals surface area contributed by atoms with E-state index in [-0.39, 0.29) is 17.4 Å². The number of methoxy groups -OCH3 is 1. The number of hydrogen-bond donors (Lipinski definition) is 0. The molecule has 2 aromatic carbocycles. The van der Waals surface area contributed by atoms with Crippen LogP contribution in [0.5, 0.6) is 5.75 Å². The normalized spacial score (nSPS) is 19.0. The maximum absolute atomic E-state index is 13.4. The number of carbonyl (C=O) groups excluding carboxylic acids is 1. The zero-order chi connectivity index (χ0) is 18.9. The number of halogens is 1. The smallest absolute Gasteiger partial charge is 0.325 e. The lowest BCUT2D eigenvalue weighted by Gasteiger charge is -2.40. The molecule has 4 rings (SSSR count). The summed E-state index contributed by atoms with van der Waals surface area (Å²) in [4.78, 5) is 17.2. The van der Waals surface area contributed by atoms with Crippen molar-refractivity contribution in [1.82, 2.24) is 4.90 Å². The second-order valence-electron chi connectivity index (χ2n) is 7.58. The van der Waals surface area contributed by atoms with E-state index in [1.165, 1.54) is 18.6 Å². The Morgan fingerprint density at radius 2 is 1.67 bits per heavy atom. The number of nitrogens with zero attached hydrogens (tertiary/aromatic N) is 2. The maximum Gasteiger partial charge on any atom is 0.325 e. The molecule has 1 aliphatic heterocycles. The molecule has 1 spiro atoms. The van der Waals surface area contributed by atoms with E-state index in [9.17, 15) is 9.18 Å². The van der Waals surface area contributed by atoms with Gasteiger partial charge >= 0.3 is 6.03 Å². The summed E-state index contributed by atoms with van der Waals surface area (Å²) in [6, 6.07) is 14.2. The summed E-state index contributed by atoms with van der Waals surface area (Å²) in [7, 11) is 1.65. The van der Waals surface area contributed by atoms with E-state index in [0.29, 0.717) is 6.54 Å². The first-order chi connectivity index (χ1) is 13.1. The van der Waals surface area contributed by atoms with Crippen LogP contribution in [-0.4, -0.2) is 30.1 Å². The molecule has 0 unspecified atom stereocenters. The molecule has 0 N–H and O–H groups in total. The van der Waals surface area contributed by atoms with Crippen LogP contribution < -0.4 is 9.64 Å². The Labute approximate surface area is 159 Å². The van der Waals surface area contributed by atoms with E-state index in [2.05, 4.69) is 0 Å². The first-order valence-corrected chi connectivity index (χ1v) is 9.59. The van der Waals surface area contributed by atoms with Crippen LogP contribution in [0.2, 0.25) is 0 Å². The molecule has 2 aliphatic rings. The average molecular weight is 368 g/mol. The van der Waals surface area contributed by atoms with Crippen LogP contribution in [0, 0.1) is 5.82 Å². The Hall–Kier alpha value is -2.56. The van der Waals surface area contributed by atoms with Crippen molar-refractivity contribution < 1.29 is 13.9 Å². The van der Waals surface area contributed by atoms with Crippen molar-refractivity contribution in [2.45, 2.75) is 44.2 Å². The standard InChI is InChI=1S/C22H25FN2O2/c1-27-20-11-5-17(6-12-20)15-24-16-22(13-3-2-4-14-22)25(21(24)26)19-9-7-18(23)8-10-19/h5-12H,2-4,13-16H2,1H3. The van der Waals surface area contributed by atoms with E-state index < -0.39 is 0 Å². The molecule has 27 heavy (non-hydrogen) atoms. The van der Waals surface area contributed by atoms with Gasteiger partial charge in [-0.1, -0.05) is 31.4 Å². The van der Waals surface area contributed by atoms with Gasteiger partial charge < -0.3 is 9.64 Å². The van der Waals surface area contributed by atoms with Crippen molar-refractivity contribution >= 4 is 11.7 Å². The molecule has 2 aromatic rings. The topological polar surface area (TPSA) is 32.8 Å². The number of benzene rings is 2. The Morgan fingerprint density at radius 1 is 1.00 bits per heavy atom. The Bertz CT molecular complexity index is 798. The minimum absolute atomic E-state index is 0.0133. The highest BCUT2D eigenvalue weighted by Crippen LogP contribution is 2.42. The van der Waals surface area contributed by atoms with Gasteiger partial charge in [0, 0.05) is 18.8 Å². The van der Waals surface area contributed by atoms with Gasteiger partial charge in [-0.3, -0.25) is 4.90 Å². The molecule has 1 aliphatic carbocycles. The fourth-order valence-electron chi connectivity index (χ4n) is 4.48. The molecule has 0 radical (unpaired) electrons. The molecular formula is C22H25FN2O2. The Kier molecular flexibility index (Phi) is 4.77. The highest BCUT2D eigenvalue weighted by molar-refractivity contribution is 5.96. The van der Waals surface area contributed by atoms with Gasteiger partial charge in [0.15, 0.2) is 0 Å². The summed E-state index contributed by atoms with van der Waals surface area (Å²) < 4.78 is 18.6. The van der Waals surface area contributed by atoms with Crippen molar-refractivity contribution in [3.63, 3.8) is 0 Å². The molecule has 142 valence electrons. The van der Waals surface area contributed by atoms with Gasteiger partial charge in [-0.05, 0) is 54.8 Å². The fourth-order valence-corrected chi connectivity index (χ4v) is 4.48. The largest absolute Gasteiger partial charge is 0.497 e. The van der Waals surface area contributed by atoms with Gasteiger partial charge in [0.2, 0.25) is 0 Å². The molecule has 0 aromatic heterocycles. The molecule has 4 nitrogen and oxygen atoms in total. The second-order valence-corrected chi connectivity index (χ2v) is 7.58. The number of amides is 2. The summed E-state index contributed by atoms with van der Waals surface area (Å²) in [5.74, 6) is 0.529. The third-order valence-electron chi connectivity index (χ3n) is 5.82. The van der Waals surface area contributed by atoms with Gasteiger partial charge in [0.1, 0.15) is 11.6 Å². The third-order valence-corrected chi connectivity index (χ3v) is 5.82. The predicted octanol–water partition coefficient (Wildman–Crippen LogP) is 4.98. The van der Waals surface area contributed by atoms with Gasteiger partial charge in [-0.2, -0.15) is 0 Å². The van der Waals surface area contributed by atoms with Gasteiger partial charge in [0.25, 0.3) is 0 Å². The Balaban J connectivity index is 1.62. The lowest BCUT2D eigenvalue weighted by Crippen LogP contribution is -2.48. The first-order valence-electron chi connectivity index (χ1n) is 9.59. The van der Waals surface area contributed by atoms with Crippen molar-refractivity contribution in [1.29, 1.82) is 0 Å². The van der Waals surface area contributed by atoms with Crippen LogP contribution in [-0.2, 0) is 6.54 Å². The van der Waals surface area contributed by atoms with Crippen LogP contribution in [0.3, 0.4) is 0 Å². The molecule has 1 heterocycles. The minimum Gasteiger partial charge on any atom is -0.497 e. The molecule has 1 saturated carbocycles. The number of anilines is 1. The zero-order valence-corrected chi connectivity index (χ0v) is 15.7. The van der Waals surface area contributed by atoms with Crippen LogP contribution in [0.4, 0.5) is 14.9 Å². The van der Waals surface area contributed by atoms with E-state index in [1.54, 1.807) is 19.2 Å². The second kappa shape index (κ2) is 7.22. The number of hydrogen-bond acceptors (Lipinski definition) is 2. The SMILES string of the molecule is COc1ccc(CN2CC3(CCCCC3)N(c3ccc(F)cc3)C2=O)cc1. The minimum atomic E-state index is -0.279. The number of ether oxygens (including phenoxy) is 1. The third kappa shape index (κ3) is 3.38. The molecule has 5 heteroatoms.